The molecule has 5 nitrogen and oxygen atoms in total. The third kappa shape index (κ3) is 3.19. The molecule has 1 heterocycles. The number of anilines is 2. The first-order chi connectivity index (χ1) is 10.5. The van der Waals surface area contributed by atoms with Crippen molar-refractivity contribution < 1.29 is 13.9 Å². The van der Waals surface area contributed by atoms with E-state index in [4.69, 9.17) is 4.74 Å². The third-order valence-electron chi connectivity index (χ3n) is 3.09. The Morgan fingerprint density at radius 1 is 1.36 bits per heavy atom. The van der Waals surface area contributed by atoms with Crippen LogP contribution in [0.3, 0.4) is 0 Å². The van der Waals surface area contributed by atoms with Gasteiger partial charge in [0.25, 0.3) is 5.56 Å². The lowest BCUT2D eigenvalue weighted by Gasteiger charge is -2.16. The Hall–Kier alpha value is -2.15. The molecule has 0 atom stereocenters. The number of esters is 1. The van der Waals surface area contributed by atoms with Gasteiger partial charge in [-0.2, -0.15) is 0 Å². The van der Waals surface area contributed by atoms with Crippen LogP contribution in [0.5, 0.6) is 0 Å². The summed E-state index contributed by atoms with van der Waals surface area (Å²) in [5, 5.41) is 2.81. The van der Waals surface area contributed by atoms with E-state index in [9.17, 15) is 14.0 Å². The fourth-order valence-electron chi connectivity index (χ4n) is 2.02. The second-order valence-corrected chi connectivity index (χ2v) is 5.33. The van der Waals surface area contributed by atoms with Gasteiger partial charge in [0, 0.05) is 17.1 Å². The topological polar surface area (TPSA) is 60.3 Å². The number of nitrogens with zero attached hydrogens (tertiary/aromatic N) is 1. The number of ether oxygens (including phenoxy) is 1. The smallest absolute Gasteiger partial charge is 0.341 e. The Kier molecular flexibility index (Phi) is 4.97. The van der Waals surface area contributed by atoms with Crippen molar-refractivity contribution in [3.63, 3.8) is 0 Å². The molecule has 2 rings (SSSR count). The molecule has 0 amide bonds. The van der Waals surface area contributed by atoms with Gasteiger partial charge in [-0.3, -0.25) is 9.36 Å². The summed E-state index contributed by atoms with van der Waals surface area (Å²) in [5.41, 5.74) is 0.0163. The standard InChI is InChI=1S/C15H14BrFN2O3/c1-3-19-13(20)7-5-10(15(21)22-2)14(19)18-12-6-4-9(16)8-11(12)17/h4-8,18H,3H2,1-2H3. The molecule has 1 aromatic heterocycles. The number of rotatable bonds is 4. The van der Waals surface area contributed by atoms with Gasteiger partial charge >= 0.3 is 5.97 Å². The molecule has 116 valence electrons. The van der Waals surface area contributed by atoms with Crippen molar-refractivity contribution in [1.82, 2.24) is 4.57 Å². The molecule has 7 heteroatoms. The largest absolute Gasteiger partial charge is 0.465 e. The van der Waals surface area contributed by atoms with E-state index < -0.39 is 11.8 Å². The monoisotopic (exact) mass is 368 g/mol. The van der Waals surface area contributed by atoms with Gasteiger partial charge in [0.1, 0.15) is 17.2 Å². The maximum Gasteiger partial charge on any atom is 0.341 e. The van der Waals surface area contributed by atoms with Crippen molar-refractivity contribution in [2.45, 2.75) is 13.5 Å². The van der Waals surface area contributed by atoms with Crippen molar-refractivity contribution >= 4 is 33.4 Å². The number of pyridine rings is 1. The molecule has 0 saturated heterocycles. The summed E-state index contributed by atoms with van der Waals surface area (Å²) in [5.74, 6) is -0.922. The Morgan fingerprint density at radius 3 is 2.68 bits per heavy atom. The molecule has 0 unspecified atom stereocenters. The maximum atomic E-state index is 14.0. The van der Waals surface area contributed by atoms with Crippen LogP contribution in [0.15, 0.2) is 39.6 Å². The zero-order chi connectivity index (χ0) is 16.3. The third-order valence-corrected chi connectivity index (χ3v) is 3.58. The van der Waals surface area contributed by atoms with Gasteiger partial charge in [-0.05, 0) is 31.2 Å². The van der Waals surface area contributed by atoms with E-state index in [1.807, 2.05) is 0 Å². The molecule has 0 saturated carbocycles. The van der Waals surface area contributed by atoms with Gasteiger partial charge < -0.3 is 10.1 Å². The summed E-state index contributed by atoms with van der Waals surface area (Å²) < 4.78 is 20.6. The first kappa shape index (κ1) is 16.2. The van der Waals surface area contributed by atoms with Crippen molar-refractivity contribution in [1.29, 1.82) is 0 Å². The van der Waals surface area contributed by atoms with Gasteiger partial charge in [0.2, 0.25) is 0 Å². The van der Waals surface area contributed by atoms with Gasteiger partial charge in [-0.25, -0.2) is 9.18 Å². The van der Waals surface area contributed by atoms with Crippen LogP contribution >= 0.6 is 15.9 Å². The van der Waals surface area contributed by atoms with Crippen LogP contribution in [-0.4, -0.2) is 17.6 Å². The van der Waals surface area contributed by atoms with Crippen LogP contribution in [0.25, 0.3) is 0 Å². The van der Waals surface area contributed by atoms with Crippen LogP contribution in [0, 0.1) is 5.82 Å². The fraction of sp³-hybridized carbons (Fsp3) is 0.200. The Balaban J connectivity index is 2.59. The van der Waals surface area contributed by atoms with Gasteiger partial charge in [-0.15, -0.1) is 0 Å². The SMILES string of the molecule is CCn1c(Nc2ccc(Br)cc2F)c(C(=O)OC)ccc1=O. The normalized spacial score (nSPS) is 10.4. The van der Waals surface area contributed by atoms with E-state index >= 15 is 0 Å². The molecular weight excluding hydrogens is 355 g/mol. The van der Waals surface area contributed by atoms with Crippen molar-refractivity contribution in [3.05, 3.63) is 56.5 Å². The molecule has 0 aliphatic carbocycles. The minimum Gasteiger partial charge on any atom is -0.465 e. The zero-order valence-electron chi connectivity index (χ0n) is 12.0. The molecule has 0 fully saturated rings. The molecule has 0 aliphatic rings. The molecule has 2 aromatic rings. The fourth-order valence-corrected chi connectivity index (χ4v) is 2.35. The number of carbonyl (C=O) groups is 1. The van der Waals surface area contributed by atoms with E-state index in [1.54, 1.807) is 13.0 Å². The highest BCUT2D eigenvalue weighted by Crippen LogP contribution is 2.25. The highest BCUT2D eigenvalue weighted by molar-refractivity contribution is 9.10. The highest BCUT2D eigenvalue weighted by atomic mass is 79.9. The van der Waals surface area contributed by atoms with Gasteiger partial charge in [0.15, 0.2) is 0 Å². The summed E-state index contributed by atoms with van der Waals surface area (Å²) >= 11 is 3.17. The lowest BCUT2D eigenvalue weighted by molar-refractivity contribution is 0.0601. The molecule has 1 aromatic carbocycles. The van der Waals surface area contributed by atoms with Gasteiger partial charge in [0.05, 0.1) is 12.8 Å². The van der Waals surface area contributed by atoms with Crippen LogP contribution in [0.4, 0.5) is 15.9 Å². The minimum absolute atomic E-state index is 0.154. The van der Waals surface area contributed by atoms with E-state index in [1.165, 1.54) is 35.9 Å². The van der Waals surface area contributed by atoms with Crippen molar-refractivity contribution in [3.8, 4) is 0 Å². The first-order valence-electron chi connectivity index (χ1n) is 6.52. The number of halogens is 2. The number of benzene rings is 1. The predicted octanol–water partition coefficient (Wildman–Crippen LogP) is 3.30. The number of hydrogen-bond donors (Lipinski definition) is 1. The molecule has 1 N–H and O–H groups in total. The number of methoxy groups -OCH3 is 1. The Bertz CT molecular complexity index is 774. The highest BCUT2D eigenvalue weighted by Gasteiger charge is 2.17. The van der Waals surface area contributed by atoms with Crippen LogP contribution in [0.1, 0.15) is 17.3 Å². The molecule has 0 aliphatic heterocycles. The first-order valence-corrected chi connectivity index (χ1v) is 7.31. The van der Waals surface area contributed by atoms with Crippen molar-refractivity contribution in [2.24, 2.45) is 0 Å². The lowest BCUT2D eigenvalue weighted by atomic mass is 10.2. The average molecular weight is 369 g/mol. The van der Waals surface area contributed by atoms with Crippen LogP contribution in [-0.2, 0) is 11.3 Å². The zero-order valence-corrected chi connectivity index (χ0v) is 13.6. The molecular formula is C15H14BrFN2O3. The van der Waals surface area contributed by atoms with E-state index in [2.05, 4.69) is 21.2 Å². The number of carbonyl (C=O) groups excluding carboxylic acids is 1. The summed E-state index contributed by atoms with van der Waals surface area (Å²) in [7, 11) is 1.24. The summed E-state index contributed by atoms with van der Waals surface area (Å²) in [6.07, 6.45) is 0. The molecule has 0 bridgehead atoms. The molecule has 22 heavy (non-hydrogen) atoms. The number of aromatic nitrogens is 1. The minimum atomic E-state index is -0.609. The number of hydrogen-bond acceptors (Lipinski definition) is 4. The quantitative estimate of drug-likeness (QED) is 0.841. The Labute approximate surface area is 134 Å². The Morgan fingerprint density at radius 2 is 2.09 bits per heavy atom. The maximum absolute atomic E-state index is 14.0. The number of nitrogens with one attached hydrogen (secondary N) is 1. The van der Waals surface area contributed by atoms with Crippen LogP contribution < -0.4 is 10.9 Å². The molecule has 0 spiro atoms. The summed E-state index contributed by atoms with van der Waals surface area (Å²) in [6, 6.07) is 7.09. The predicted molar refractivity (Wildman–Crippen MR) is 85.1 cm³/mol. The van der Waals surface area contributed by atoms with E-state index in [-0.39, 0.29) is 22.6 Å². The van der Waals surface area contributed by atoms with E-state index in [0.717, 1.165) is 0 Å². The summed E-state index contributed by atoms with van der Waals surface area (Å²) in [6.45, 7) is 2.08. The molecule has 0 radical (unpaired) electrons. The van der Waals surface area contributed by atoms with Crippen LogP contribution in [0.2, 0.25) is 0 Å². The lowest BCUT2D eigenvalue weighted by Crippen LogP contribution is -2.24. The average Bonchev–Trinajstić information content (AvgIpc) is 2.49. The van der Waals surface area contributed by atoms with Crippen molar-refractivity contribution in [2.75, 3.05) is 12.4 Å². The summed E-state index contributed by atoms with van der Waals surface area (Å²) in [4.78, 5) is 23.8. The second-order valence-electron chi connectivity index (χ2n) is 4.42. The second kappa shape index (κ2) is 6.74. The van der Waals surface area contributed by atoms with E-state index in [0.29, 0.717) is 11.0 Å². The van der Waals surface area contributed by atoms with Gasteiger partial charge in [-0.1, -0.05) is 15.9 Å².